The van der Waals surface area contributed by atoms with E-state index in [4.69, 9.17) is 4.74 Å². The van der Waals surface area contributed by atoms with Gasteiger partial charge in [0.2, 0.25) is 0 Å². The second-order valence-corrected chi connectivity index (χ2v) is 8.25. The van der Waals surface area contributed by atoms with Crippen LogP contribution in [0.2, 0.25) is 0 Å². The van der Waals surface area contributed by atoms with E-state index in [1.54, 1.807) is 17.2 Å². The molecule has 0 saturated carbocycles. The topological polar surface area (TPSA) is 61.5 Å². The number of nitrogens with zero attached hydrogens (tertiary/aromatic N) is 3. The van der Waals surface area contributed by atoms with Crippen LogP contribution in [0.4, 0.5) is 9.52 Å². The van der Waals surface area contributed by atoms with E-state index >= 15 is 0 Å². The number of H-pyrrole nitrogens is 1. The molecule has 1 saturated heterocycles. The lowest BCUT2D eigenvalue weighted by atomic mass is 10.1. The van der Waals surface area contributed by atoms with E-state index in [0.717, 1.165) is 28.7 Å². The monoisotopic (exact) mass is 424 g/mol. The number of fused-ring (bicyclic) bond motifs is 2. The largest absolute Gasteiger partial charge is 0.379 e. The van der Waals surface area contributed by atoms with Crippen molar-refractivity contribution in [3.63, 3.8) is 0 Å². The maximum Gasteiger partial charge on any atom is 0.262 e. The third kappa shape index (κ3) is 3.58. The van der Waals surface area contributed by atoms with Gasteiger partial charge in [-0.1, -0.05) is 35.6 Å². The average Bonchev–Trinajstić information content (AvgIpc) is 3.40. The fraction of sp³-hybridized carbons (Fsp3) is 0.273. The Hall–Kier alpha value is -2.81. The molecule has 1 fully saturated rings. The smallest absolute Gasteiger partial charge is 0.262 e. The minimum absolute atomic E-state index is 0.139. The van der Waals surface area contributed by atoms with Gasteiger partial charge in [-0.15, -0.1) is 0 Å². The van der Waals surface area contributed by atoms with Crippen molar-refractivity contribution in [2.45, 2.75) is 0 Å². The third-order valence-electron chi connectivity index (χ3n) is 5.40. The van der Waals surface area contributed by atoms with Gasteiger partial charge in [0.1, 0.15) is 11.3 Å². The van der Waals surface area contributed by atoms with E-state index in [1.165, 1.54) is 17.4 Å². The van der Waals surface area contributed by atoms with Gasteiger partial charge in [0.25, 0.3) is 5.91 Å². The first kappa shape index (κ1) is 19.2. The average molecular weight is 425 g/mol. The summed E-state index contributed by atoms with van der Waals surface area (Å²) in [6, 6.07) is 12.6. The Kier molecular flexibility index (Phi) is 5.20. The molecule has 1 amide bonds. The minimum atomic E-state index is -0.373. The van der Waals surface area contributed by atoms with Crippen LogP contribution >= 0.6 is 11.3 Å². The maximum absolute atomic E-state index is 14.2. The number of para-hydroxylation sites is 2. The zero-order valence-corrected chi connectivity index (χ0v) is 17.1. The standard InChI is InChI=1S/C22H21FN4O2S/c23-17-5-3-7-19-20(17)25-22(30-19)27(9-8-26-10-12-29-13-11-26)21(28)16-14-24-18-6-2-1-4-15(16)18/h1-7,14,24H,8-13H2. The van der Waals surface area contributed by atoms with Crippen molar-refractivity contribution in [1.29, 1.82) is 0 Å². The van der Waals surface area contributed by atoms with Gasteiger partial charge in [-0.3, -0.25) is 14.6 Å². The van der Waals surface area contributed by atoms with Gasteiger partial charge in [-0.25, -0.2) is 9.37 Å². The van der Waals surface area contributed by atoms with Crippen LogP contribution in [-0.2, 0) is 4.74 Å². The number of carbonyl (C=O) groups excluding carboxylic acids is 1. The van der Waals surface area contributed by atoms with E-state index in [0.29, 0.717) is 42.5 Å². The Balaban J connectivity index is 1.51. The lowest BCUT2D eigenvalue weighted by Crippen LogP contribution is -2.43. The molecule has 5 rings (SSSR count). The summed E-state index contributed by atoms with van der Waals surface area (Å²) < 4.78 is 20.4. The number of halogens is 1. The summed E-state index contributed by atoms with van der Waals surface area (Å²) in [5, 5.41) is 1.38. The van der Waals surface area contributed by atoms with E-state index in [-0.39, 0.29) is 11.7 Å². The number of rotatable bonds is 5. The highest BCUT2D eigenvalue weighted by atomic mass is 32.1. The zero-order valence-electron chi connectivity index (χ0n) is 16.3. The Morgan fingerprint density at radius 1 is 1.20 bits per heavy atom. The number of benzene rings is 2. The number of anilines is 1. The van der Waals surface area contributed by atoms with Crippen LogP contribution in [0, 0.1) is 5.82 Å². The van der Waals surface area contributed by atoms with Gasteiger partial charge < -0.3 is 9.72 Å². The summed E-state index contributed by atoms with van der Waals surface area (Å²) in [6.45, 7) is 4.24. The minimum Gasteiger partial charge on any atom is -0.379 e. The number of nitrogens with one attached hydrogen (secondary N) is 1. The number of thiazole rings is 1. The molecule has 2 aromatic carbocycles. The van der Waals surface area contributed by atoms with Gasteiger partial charge in [0, 0.05) is 43.3 Å². The molecule has 0 unspecified atom stereocenters. The Bertz CT molecular complexity index is 1200. The third-order valence-corrected chi connectivity index (χ3v) is 6.44. The molecule has 6 nitrogen and oxygen atoms in total. The molecule has 4 aromatic rings. The first-order chi connectivity index (χ1) is 14.7. The predicted molar refractivity (Wildman–Crippen MR) is 117 cm³/mol. The fourth-order valence-corrected chi connectivity index (χ4v) is 4.77. The number of hydrogen-bond acceptors (Lipinski definition) is 5. The van der Waals surface area contributed by atoms with Crippen LogP contribution in [0.1, 0.15) is 10.4 Å². The highest BCUT2D eigenvalue weighted by Crippen LogP contribution is 2.32. The SMILES string of the molecule is O=C(c1c[nH]c2ccccc12)N(CCN1CCOCC1)c1nc2c(F)cccc2s1. The van der Waals surface area contributed by atoms with Crippen molar-refractivity contribution < 1.29 is 13.9 Å². The molecule has 1 aliphatic rings. The van der Waals surface area contributed by atoms with Gasteiger partial charge in [0.15, 0.2) is 5.13 Å². The van der Waals surface area contributed by atoms with Crippen LogP contribution in [0.15, 0.2) is 48.7 Å². The van der Waals surface area contributed by atoms with Crippen molar-refractivity contribution in [1.82, 2.24) is 14.9 Å². The molecule has 1 aliphatic heterocycles. The Morgan fingerprint density at radius 2 is 2.03 bits per heavy atom. The number of morpholine rings is 1. The lowest BCUT2D eigenvalue weighted by Gasteiger charge is -2.29. The van der Waals surface area contributed by atoms with Crippen LogP contribution < -0.4 is 4.90 Å². The molecule has 8 heteroatoms. The summed E-state index contributed by atoms with van der Waals surface area (Å²) in [4.78, 5) is 25.2. The highest BCUT2D eigenvalue weighted by molar-refractivity contribution is 7.22. The van der Waals surface area contributed by atoms with Crippen molar-refractivity contribution in [3.8, 4) is 0 Å². The van der Waals surface area contributed by atoms with Crippen LogP contribution in [0.5, 0.6) is 0 Å². The molecule has 0 bridgehead atoms. The van der Waals surface area contributed by atoms with Gasteiger partial charge in [-0.2, -0.15) is 0 Å². The molecule has 2 aromatic heterocycles. The number of hydrogen-bond donors (Lipinski definition) is 1. The summed E-state index contributed by atoms with van der Waals surface area (Å²) >= 11 is 1.34. The summed E-state index contributed by atoms with van der Waals surface area (Å²) in [7, 11) is 0. The molecule has 0 spiro atoms. The van der Waals surface area contributed by atoms with E-state index < -0.39 is 0 Å². The molecular formula is C22H21FN4O2S. The van der Waals surface area contributed by atoms with Crippen molar-refractivity contribution in [2.75, 3.05) is 44.3 Å². The lowest BCUT2D eigenvalue weighted by molar-refractivity contribution is 0.0391. The summed E-state index contributed by atoms with van der Waals surface area (Å²) in [5.74, 6) is -0.511. The summed E-state index contributed by atoms with van der Waals surface area (Å²) in [5.41, 5.74) is 1.80. The van der Waals surface area contributed by atoms with Gasteiger partial charge in [0.05, 0.1) is 23.5 Å². The molecular weight excluding hydrogens is 403 g/mol. The number of aromatic amines is 1. The normalized spacial score (nSPS) is 15.1. The summed E-state index contributed by atoms with van der Waals surface area (Å²) in [6.07, 6.45) is 1.74. The number of ether oxygens (including phenoxy) is 1. The quantitative estimate of drug-likeness (QED) is 0.528. The van der Waals surface area contributed by atoms with E-state index in [1.807, 2.05) is 30.3 Å². The van der Waals surface area contributed by atoms with Gasteiger partial charge in [-0.05, 0) is 18.2 Å². The van der Waals surface area contributed by atoms with Crippen molar-refractivity contribution in [3.05, 3.63) is 60.0 Å². The molecule has 3 heterocycles. The molecule has 0 atom stereocenters. The van der Waals surface area contributed by atoms with Crippen molar-refractivity contribution >= 4 is 43.5 Å². The second kappa shape index (κ2) is 8.14. The van der Waals surface area contributed by atoms with E-state index in [2.05, 4.69) is 14.9 Å². The molecule has 154 valence electrons. The molecule has 1 N–H and O–H groups in total. The first-order valence-electron chi connectivity index (χ1n) is 9.94. The molecule has 0 radical (unpaired) electrons. The van der Waals surface area contributed by atoms with Crippen LogP contribution in [0.3, 0.4) is 0 Å². The first-order valence-corrected chi connectivity index (χ1v) is 10.8. The van der Waals surface area contributed by atoms with Crippen LogP contribution in [-0.4, -0.2) is 60.2 Å². The van der Waals surface area contributed by atoms with Gasteiger partial charge >= 0.3 is 0 Å². The van der Waals surface area contributed by atoms with E-state index in [9.17, 15) is 9.18 Å². The Morgan fingerprint density at radius 3 is 2.87 bits per heavy atom. The Labute approximate surface area is 176 Å². The van der Waals surface area contributed by atoms with Crippen LogP contribution in [0.25, 0.3) is 21.1 Å². The number of amides is 1. The second-order valence-electron chi connectivity index (χ2n) is 7.24. The molecule has 30 heavy (non-hydrogen) atoms. The maximum atomic E-state index is 14.2. The number of aromatic nitrogens is 2. The fourth-order valence-electron chi connectivity index (χ4n) is 3.76. The van der Waals surface area contributed by atoms with Crippen molar-refractivity contribution in [2.24, 2.45) is 0 Å². The predicted octanol–water partition coefficient (Wildman–Crippen LogP) is 3.90. The number of carbonyl (C=O) groups is 1. The zero-order chi connectivity index (χ0) is 20.5. The highest BCUT2D eigenvalue weighted by Gasteiger charge is 2.25. The molecule has 0 aliphatic carbocycles.